The number of benzene rings is 2. The lowest BCUT2D eigenvalue weighted by Gasteiger charge is -2.12. The Labute approximate surface area is 163 Å². The van der Waals surface area contributed by atoms with Gasteiger partial charge in [0.1, 0.15) is 17.3 Å². The molecule has 0 aliphatic heterocycles. The van der Waals surface area contributed by atoms with E-state index in [0.717, 1.165) is 5.56 Å². The molecular formula is C20H15BrF2N2O2. The van der Waals surface area contributed by atoms with Gasteiger partial charge in [0.05, 0.1) is 11.6 Å². The van der Waals surface area contributed by atoms with Crippen LogP contribution in [-0.2, 0) is 11.3 Å². The molecule has 0 radical (unpaired) electrons. The number of esters is 1. The van der Waals surface area contributed by atoms with Crippen molar-refractivity contribution in [1.29, 1.82) is 0 Å². The quantitative estimate of drug-likeness (QED) is 0.563. The van der Waals surface area contributed by atoms with Gasteiger partial charge in [-0.3, -0.25) is 0 Å². The zero-order valence-electron chi connectivity index (χ0n) is 14.3. The van der Waals surface area contributed by atoms with Crippen molar-refractivity contribution < 1.29 is 18.3 Å². The number of pyridine rings is 1. The largest absolute Gasteiger partial charge is 0.464 e. The van der Waals surface area contributed by atoms with Gasteiger partial charge >= 0.3 is 5.97 Å². The van der Waals surface area contributed by atoms with Crippen LogP contribution in [0.2, 0.25) is 0 Å². The molecule has 0 saturated heterocycles. The maximum atomic E-state index is 13.8. The number of ether oxygens (including phenoxy) is 1. The van der Waals surface area contributed by atoms with E-state index in [2.05, 4.69) is 31.0 Å². The van der Waals surface area contributed by atoms with Crippen LogP contribution in [-0.4, -0.2) is 18.1 Å². The first-order valence-electron chi connectivity index (χ1n) is 8.00. The Kier molecular flexibility index (Phi) is 5.81. The Balaban J connectivity index is 1.86. The highest BCUT2D eigenvalue weighted by Crippen LogP contribution is 2.26. The van der Waals surface area contributed by atoms with Crippen LogP contribution in [0.3, 0.4) is 0 Å². The van der Waals surface area contributed by atoms with Crippen LogP contribution >= 0.6 is 15.9 Å². The van der Waals surface area contributed by atoms with Crippen molar-refractivity contribution in [3.05, 3.63) is 82.1 Å². The number of hydrogen-bond donors (Lipinski definition) is 1. The number of aromatic nitrogens is 1. The van der Waals surface area contributed by atoms with Gasteiger partial charge < -0.3 is 10.1 Å². The van der Waals surface area contributed by atoms with E-state index in [-0.39, 0.29) is 17.3 Å². The summed E-state index contributed by atoms with van der Waals surface area (Å²) in [5.41, 5.74) is 2.85. The van der Waals surface area contributed by atoms with Crippen LogP contribution < -0.4 is 5.32 Å². The van der Waals surface area contributed by atoms with Crippen LogP contribution in [0, 0.1) is 11.6 Å². The van der Waals surface area contributed by atoms with Gasteiger partial charge in [0, 0.05) is 24.0 Å². The number of halogens is 3. The third-order valence-electron chi connectivity index (χ3n) is 3.94. The number of carbonyl (C=O) groups excluding carboxylic acids is 1. The predicted octanol–water partition coefficient (Wildman–Crippen LogP) is 5.19. The van der Waals surface area contributed by atoms with Gasteiger partial charge in [-0.25, -0.2) is 18.6 Å². The fourth-order valence-corrected chi connectivity index (χ4v) is 2.80. The fourth-order valence-electron chi connectivity index (χ4n) is 2.55. The van der Waals surface area contributed by atoms with Crippen molar-refractivity contribution in [3.63, 3.8) is 0 Å². The zero-order valence-corrected chi connectivity index (χ0v) is 15.9. The Morgan fingerprint density at radius 2 is 1.96 bits per heavy atom. The maximum Gasteiger partial charge on any atom is 0.356 e. The summed E-state index contributed by atoms with van der Waals surface area (Å²) in [6.45, 7) is 0.357. The molecule has 27 heavy (non-hydrogen) atoms. The molecule has 3 aromatic rings. The molecule has 0 aliphatic carbocycles. The van der Waals surface area contributed by atoms with E-state index in [0.29, 0.717) is 27.8 Å². The summed E-state index contributed by atoms with van der Waals surface area (Å²) in [7, 11) is 1.28. The van der Waals surface area contributed by atoms with E-state index in [4.69, 9.17) is 0 Å². The number of hydrogen-bond acceptors (Lipinski definition) is 4. The lowest BCUT2D eigenvalue weighted by molar-refractivity contribution is 0.0594. The molecule has 0 aliphatic rings. The number of nitrogens with zero attached hydrogens (tertiary/aromatic N) is 1. The van der Waals surface area contributed by atoms with Gasteiger partial charge in [-0.15, -0.1) is 0 Å². The zero-order chi connectivity index (χ0) is 19.4. The average molecular weight is 433 g/mol. The highest BCUT2D eigenvalue weighted by molar-refractivity contribution is 9.10. The van der Waals surface area contributed by atoms with Crippen molar-refractivity contribution in [2.75, 3.05) is 12.4 Å². The Bertz CT molecular complexity index is 978. The van der Waals surface area contributed by atoms with Crippen LogP contribution in [0.25, 0.3) is 11.1 Å². The summed E-state index contributed by atoms with van der Waals surface area (Å²) < 4.78 is 32.4. The van der Waals surface area contributed by atoms with Crippen molar-refractivity contribution in [2.45, 2.75) is 6.54 Å². The first-order chi connectivity index (χ1) is 13.0. The van der Waals surface area contributed by atoms with Crippen molar-refractivity contribution in [1.82, 2.24) is 4.98 Å². The van der Waals surface area contributed by atoms with E-state index < -0.39 is 5.97 Å². The van der Waals surface area contributed by atoms with Gasteiger partial charge in [-0.05, 0) is 63.5 Å². The van der Waals surface area contributed by atoms with E-state index in [1.54, 1.807) is 24.3 Å². The molecule has 138 valence electrons. The lowest BCUT2D eigenvalue weighted by Crippen LogP contribution is -2.05. The third kappa shape index (κ3) is 4.49. The predicted molar refractivity (Wildman–Crippen MR) is 102 cm³/mol. The summed E-state index contributed by atoms with van der Waals surface area (Å²) in [5.74, 6) is -1.30. The number of carbonyl (C=O) groups is 1. The summed E-state index contributed by atoms with van der Waals surface area (Å²) in [6, 6.07) is 12.3. The van der Waals surface area contributed by atoms with Crippen LogP contribution in [0.5, 0.6) is 0 Å². The van der Waals surface area contributed by atoms with Gasteiger partial charge in [0.15, 0.2) is 0 Å². The number of anilines is 1. The summed E-state index contributed by atoms with van der Waals surface area (Å²) in [6.07, 6.45) is 1.49. The second kappa shape index (κ2) is 8.26. The number of rotatable bonds is 5. The molecule has 0 unspecified atom stereocenters. The van der Waals surface area contributed by atoms with Gasteiger partial charge in [0.2, 0.25) is 0 Å². The van der Waals surface area contributed by atoms with Gasteiger partial charge in [-0.1, -0.05) is 12.1 Å². The molecule has 1 aromatic heterocycles. The summed E-state index contributed by atoms with van der Waals surface area (Å²) in [4.78, 5) is 15.6. The number of methoxy groups -OCH3 is 1. The third-order valence-corrected chi connectivity index (χ3v) is 4.59. The molecule has 0 fully saturated rings. The summed E-state index contributed by atoms with van der Waals surface area (Å²) in [5, 5.41) is 3.12. The highest BCUT2D eigenvalue weighted by Gasteiger charge is 2.11. The minimum absolute atomic E-state index is 0.169. The fraction of sp³-hybridized carbons (Fsp3) is 0.100. The van der Waals surface area contributed by atoms with E-state index in [1.165, 1.54) is 37.6 Å². The Hall–Kier alpha value is -2.80. The standard InChI is InChI=1S/C20H15BrF2N2O2/c1-27-20(26)19-7-3-13(11-25-19)16-8-14(22)4-2-12(16)10-24-15-5-6-17(21)18(23)9-15/h2-9,11,24H,10H2,1H3. The molecule has 0 saturated carbocycles. The minimum Gasteiger partial charge on any atom is -0.464 e. The summed E-state index contributed by atoms with van der Waals surface area (Å²) >= 11 is 3.11. The first kappa shape index (κ1) is 19.0. The molecule has 0 atom stereocenters. The second-order valence-corrected chi connectivity index (χ2v) is 6.56. The molecule has 0 amide bonds. The Morgan fingerprint density at radius 1 is 1.15 bits per heavy atom. The SMILES string of the molecule is COC(=O)c1ccc(-c2cc(F)ccc2CNc2ccc(Br)c(F)c2)cn1. The van der Waals surface area contributed by atoms with Gasteiger partial charge in [0.25, 0.3) is 0 Å². The smallest absolute Gasteiger partial charge is 0.356 e. The van der Waals surface area contributed by atoms with Gasteiger partial charge in [-0.2, -0.15) is 0 Å². The molecular weight excluding hydrogens is 418 g/mol. The molecule has 0 spiro atoms. The van der Waals surface area contributed by atoms with Crippen molar-refractivity contribution in [2.24, 2.45) is 0 Å². The maximum absolute atomic E-state index is 13.8. The van der Waals surface area contributed by atoms with Crippen LogP contribution in [0.15, 0.2) is 59.2 Å². The number of nitrogens with one attached hydrogen (secondary N) is 1. The first-order valence-corrected chi connectivity index (χ1v) is 8.79. The minimum atomic E-state index is -0.542. The molecule has 1 heterocycles. The average Bonchev–Trinajstić information content (AvgIpc) is 2.69. The normalized spacial score (nSPS) is 10.5. The van der Waals surface area contributed by atoms with Crippen LogP contribution in [0.4, 0.5) is 14.5 Å². The second-order valence-electron chi connectivity index (χ2n) is 5.71. The molecule has 4 nitrogen and oxygen atoms in total. The molecule has 7 heteroatoms. The highest BCUT2D eigenvalue weighted by atomic mass is 79.9. The topological polar surface area (TPSA) is 51.2 Å². The van der Waals surface area contributed by atoms with E-state index in [1.807, 2.05) is 0 Å². The molecule has 3 rings (SSSR count). The Morgan fingerprint density at radius 3 is 2.63 bits per heavy atom. The lowest BCUT2D eigenvalue weighted by atomic mass is 10.0. The van der Waals surface area contributed by atoms with E-state index in [9.17, 15) is 13.6 Å². The molecule has 0 bridgehead atoms. The van der Waals surface area contributed by atoms with Crippen molar-refractivity contribution in [3.8, 4) is 11.1 Å². The van der Waals surface area contributed by atoms with E-state index >= 15 is 0 Å². The molecule has 1 N–H and O–H groups in total. The van der Waals surface area contributed by atoms with Crippen LogP contribution in [0.1, 0.15) is 16.1 Å². The van der Waals surface area contributed by atoms with Crippen molar-refractivity contribution >= 4 is 27.6 Å². The molecule has 2 aromatic carbocycles. The monoisotopic (exact) mass is 432 g/mol.